The number of hydrogen-bond donors (Lipinski definition) is 2. The number of anilines is 2. The zero-order valence-electron chi connectivity index (χ0n) is 16.4. The Kier molecular flexibility index (Phi) is 7.92. The predicted molar refractivity (Wildman–Crippen MR) is 109 cm³/mol. The maximum atomic E-state index is 12.1. The molecule has 2 amide bonds. The monoisotopic (exact) mass is 393 g/mol. The molecule has 7 nitrogen and oxygen atoms in total. The molecule has 0 saturated heterocycles. The van der Waals surface area contributed by atoms with E-state index in [0.29, 0.717) is 17.3 Å². The molecule has 2 aromatic rings. The molecule has 2 rings (SSSR count). The standard InChI is InChI=1S/C22H23N3O4/c1-3-15(2)16-4-8-19(9-5-16)25-21(27)14-29-22(28)17-6-10-18(11-7-17)24-20(26)12-13-23/h4-11,15H,3,12,14H2,1-2H3,(H,24,26)(H,25,27). The molecule has 150 valence electrons. The maximum Gasteiger partial charge on any atom is 0.338 e. The molecular weight excluding hydrogens is 370 g/mol. The normalized spacial score (nSPS) is 11.1. The summed E-state index contributed by atoms with van der Waals surface area (Å²) < 4.78 is 5.02. The first kappa shape index (κ1) is 21.6. The fraction of sp³-hybridized carbons (Fsp3) is 0.273. The van der Waals surface area contributed by atoms with E-state index in [1.165, 1.54) is 29.8 Å². The Morgan fingerprint density at radius 1 is 0.966 bits per heavy atom. The van der Waals surface area contributed by atoms with Gasteiger partial charge in [0.15, 0.2) is 6.61 Å². The molecule has 7 heteroatoms. The lowest BCUT2D eigenvalue weighted by Gasteiger charge is -2.11. The van der Waals surface area contributed by atoms with E-state index in [2.05, 4.69) is 24.5 Å². The highest BCUT2D eigenvalue weighted by atomic mass is 16.5. The van der Waals surface area contributed by atoms with Crippen LogP contribution in [0.3, 0.4) is 0 Å². The summed E-state index contributed by atoms with van der Waals surface area (Å²) in [5.74, 6) is -1.07. The van der Waals surface area contributed by atoms with Gasteiger partial charge in [-0.05, 0) is 54.3 Å². The maximum absolute atomic E-state index is 12.1. The molecular formula is C22H23N3O4. The smallest absolute Gasteiger partial charge is 0.338 e. The Balaban J connectivity index is 1.83. The Morgan fingerprint density at radius 3 is 2.07 bits per heavy atom. The first-order chi connectivity index (χ1) is 13.9. The molecule has 0 radical (unpaired) electrons. The lowest BCUT2D eigenvalue weighted by molar-refractivity contribution is -0.119. The van der Waals surface area contributed by atoms with Crippen LogP contribution in [0, 0.1) is 11.3 Å². The molecule has 2 aromatic carbocycles. The summed E-state index contributed by atoms with van der Waals surface area (Å²) >= 11 is 0. The van der Waals surface area contributed by atoms with Gasteiger partial charge in [0.2, 0.25) is 5.91 Å². The van der Waals surface area contributed by atoms with Gasteiger partial charge < -0.3 is 15.4 Å². The van der Waals surface area contributed by atoms with Crippen LogP contribution in [-0.2, 0) is 14.3 Å². The van der Waals surface area contributed by atoms with Crippen molar-refractivity contribution < 1.29 is 19.1 Å². The van der Waals surface area contributed by atoms with Crippen LogP contribution < -0.4 is 10.6 Å². The molecule has 0 spiro atoms. The van der Waals surface area contributed by atoms with Crippen LogP contribution in [0.4, 0.5) is 11.4 Å². The molecule has 0 aromatic heterocycles. The van der Waals surface area contributed by atoms with E-state index in [1.54, 1.807) is 6.07 Å². The van der Waals surface area contributed by atoms with Crippen molar-refractivity contribution in [2.45, 2.75) is 32.6 Å². The number of amides is 2. The number of esters is 1. The third kappa shape index (κ3) is 6.78. The highest BCUT2D eigenvalue weighted by molar-refractivity contribution is 5.96. The van der Waals surface area contributed by atoms with Gasteiger partial charge in [-0.25, -0.2) is 4.79 Å². The van der Waals surface area contributed by atoms with E-state index in [4.69, 9.17) is 10.00 Å². The molecule has 0 saturated carbocycles. The quantitative estimate of drug-likeness (QED) is 0.662. The van der Waals surface area contributed by atoms with Gasteiger partial charge in [-0.15, -0.1) is 0 Å². The predicted octanol–water partition coefficient (Wildman–Crippen LogP) is 3.85. The van der Waals surface area contributed by atoms with Crippen molar-refractivity contribution in [2.75, 3.05) is 17.2 Å². The first-order valence-electron chi connectivity index (χ1n) is 9.26. The van der Waals surface area contributed by atoms with Gasteiger partial charge >= 0.3 is 5.97 Å². The summed E-state index contributed by atoms with van der Waals surface area (Å²) in [4.78, 5) is 35.4. The molecule has 0 aliphatic rings. The molecule has 1 unspecified atom stereocenters. The fourth-order valence-electron chi connectivity index (χ4n) is 2.51. The number of rotatable bonds is 8. The third-order valence-electron chi connectivity index (χ3n) is 4.35. The van der Waals surface area contributed by atoms with E-state index >= 15 is 0 Å². The Hall–Kier alpha value is -3.66. The summed E-state index contributed by atoms with van der Waals surface area (Å²) in [5, 5.41) is 13.7. The summed E-state index contributed by atoms with van der Waals surface area (Å²) in [5.41, 5.74) is 2.54. The van der Waals surface area contributed by atoms with Gasteiger partial charge in [-0.1, -0.05) is 26.0 Å². The largest absolute Gasteiger partial charge is 0.452 e. The van der Waals surface area contributed by atoms with Crippen molar-refractivity contribution in [3.8, 4) is 6.07 Å². The molecule has 0 aliphatic heterocycles. The SMILES string of the molecule is CCC(C)c1ccc(NC(=O)COC(=O)c2ccc(NC(=O)CC#N)cc2)cc1. The minimum Gasteiger partial charge on any atom is -0.452 e. The number of nitrogens with zero attached hydrogens (tertiary/aromatic N) is 1. The van der Waals surface area contributed by atoms with Crippen LogP contribution in [0.25, 0.3) is 0 Å². The van der Waals surface area contributed by atoms with Crippen molar-refractivity contribution in [3.63, 3.8) is 0 Å². The number of nitrogens with one attached hydrogen (secondary N) is 2. The Labute approximate surface area is 169 Å². The molecule has 0 fully saturated rings. The van der Waals surface area contributed by atoms with Crippen molar-refractivity contribution >= 4 is 29.2 Å². The Bertz CT molecular complexity index is 899. The minimum atomic E-state index is -0.651. The second-order valence-electron chi connectivity index (χ2n) is 6.52. The molecule has 0 bridgehead atoms. The third-order valence-corrected chi connectivity index (χ3v) is 4.35. The molecule has 1 atom stereocenters. The summed E-state index contributed by atoms with van der Waals surface area (Å²) in [6, 6.07) is 15.3. The highest BCUT2D eigenvalue weighted by Gasteiger charge is 2.11. The van der Waals surface area contributed by atoms with Crippen LogP contribution >= 0.6 is 0 Å². The van der Waals surface area contributed by atoms with Crippen LogP contribution in [0.1, 0.15) is 48.5 Å². The average molecular weight is 393 g/mol. The van der Waals surface area contributed by atoms with E-state index in [9.17, 15) is 14.4 Å². The van der Waals surface area contributed by atoms with Gasteiger partial charge in [-0.2, -0.15) is 5.26 Å². The van der Waals surface area contributed by atoms with Crippen LogP contribution in [0.2, 0.25) is 0 Å². The topological polar surface area (TPSA) is 108 Å². The summed E-state index contributed by atoms with van der Waals surface area (Å²) in [6.45, 7) is 3.85. The van der Waals surface area contributed by atoms with Gasteiger partial charge in [0.25, 0.3) is 5.91 Å². The number of nitriles is 1. The summed E-state index contributed by atoms with van der Waals surface area (Å²) in [6.07, 6.45) is 0.786. The number of benzene rings is 2. The van der Waals surface area contributed by atoms with Gasteiger partial charge in [0, 0.05) is 11.4 Å². The number of ether oxygens (including phenoxy) is 1. The average Bonchev–Trinajstić information content (AvgIpc) is 2.72. The van der Waals surface area contributed by atoms with E-state index in [1.807, 2.05) is 24.3 Å². The lowest BCUT2D eigenvalue weighted by Crippen LogP contribution is -2.21. The molecule has 2 N–H and O–H groups in total. The fourth-order valence-corrected chi connectivity index (χ4v) is 2.51. The van der Waals surface area contributed by atoms with E-state index in [-0.39, 0.29) is 12.0 Å². The van der Waals surface area contributed by atoms with Crippen LogP contribution in [0.5, 0.6) is 0 Å². The second kappa shape index (κ2) is 10.6. The van der Waals surface area contributed by atoms with Crippen molar-refractivity contribution in [1.29, 1.82) is 5.26 Å². The van der Waals surface area contributed by atoms with E-state index in [0.717, 1.165) is 6.42 Å². The number of carbonyl (C=O) groups excluding carboxylic acids is 3. The zero-order chi connectivity index (χ0) is 21.2. The molecule has 0 heterocycles. The van der Waals surface area contributed by atoms with Gasteiger partial charge in [-0.3, -0.25) is 9.59 Å². The highest BCUT2D eigenvalue weighted by Crippen LogP contribution is 2.20. The minimum absolute atomic E-state index is 0.244. The van der Waals surface area contributed by atoms with E-state index < -0.39 is 24.4 Å². The zero-order valence-corrected chi connectivity index (χ0v) is 16.4. The van der Waals surface area contributed by atoms with Crippen molar-refractivity contribution in [3.05, 3.63) is 59.7 Å². The summed E-state index contributed by atoms with van der Waals surface area (Å²) in [7, 11) is 0. The Morgan fingerprint density at radius 2 is 1.52 bits per heavy atom. The van der Waals surface area contributed by atoms with Gasteiger partial charge in [0.05, 0.1) is 11.6 Å². The van der Waals surface area contributed by atoms with Crippen LogP contribution in [-0.4, -0.2) is 24.4 Å². The van der Waals surface area contributed by atoms with Crippen LogP contribution in [0.15, 0.2) is 48.5 Å². The van der Waals surface area contributed by atoms with Crippen molar-refractivity contribution in [1.82, 2.24) is 0 Å². The van der Waals surface area contributed by atoms with Crippen molar-refractivity contribution in [2.24, 2.45) is 0 Å². The number of carbonyl (C=O) groups is 3. The second-order valence-corrected chi connectivity index (χ2v) is 6.52. The van der Waals surface area contributed by atoms with Gasteiger partial charge in [0.1, 0.15) is 6.42 Å². The molecule has 29 heavy (non-hydrogen) atoms. The molecule has 0 aliphatic carbocycles. The number of hydrogen-bond acceptors (Lipinski definition) is 5. The lowest BCUT2D eigenvalue weighted by atomic mass is 9.99. The first-order valence-corrected chi connectivity index (χ1v) is 9.26.